The molecule has 0 saturated carbocycles. The second kappa shape index (κ2) is 5.83. The van der Waals surface area contributed by atoms with Crippen LogP contribution in [0.2, 0.25) is 0 Å². The average Bonchev–Trinajstić information content (AvgIpc) is 2.40. The highest BCUT2D eigenvalue weighted by Gasteiger charge is 2.22. The van der Waals surface area contributed by atoms with Crippen LogP contribution in [0, 0.1) is 5.82 Å². The van der Waals surface area contributed by atoms with Crippen LogP contribution in [0.25, 0.3) is 0 Å². The molecule has 1 aromatic carbocycles. The number of hydrogen-bond acceptors (Lipinski definition) is 1. The quantitative estimate of drug-likeness (QED) is 0.653. The molecular formula is C16H18FNO. The van der Waals surface area contributed by atoms with Crippen molar-refractivity contribution < 1.29 is 9.18 Å². The van der Waals surface area contributed by atoms with Crippen LogP contribution < -0.4 is 5.32 Å². The van der Waals surface area contributed by atoms with Crippen LogP contribution in [0.5, 0.6) is 0 Å². The fourth-order valence-corrected chi connectivity index (χ4v) is 2.52. The summed E-state index contributed by atoms with van der Waals surface area (Å²) in [6.45, 7) is 5.43. The van der Waals surface area contributed by atoms with Gasteiger partial charge in [0, 0.05) is 5.57 Å². The predicted octanol–water partition coefficient (Wildman–Crippen LogP) is 3.45. The summed E-state index contributed by atoms with van der Waals surface area (Å²) in [7, 11) is 0. The topological polar surface area (TPSA) is 29.1 Å². The van der Waals surface area contributed by atoms with Gasteiger partial charge in [0.1, 0.15) is 5.82 Å². The number of amides is 1. The summed E-state index contributed by atoms with van der Waals surface area (Å²) >= 11 is 0. The Morgan fingerprint density at radius 3 is 3.00 bits per heavy atom. The van der Waals surface area contributed by atoms with E-state index in [-0.39, 0.29) is 17.8 Å². The first kappa shape index (κ1) is 13.5. The first-order valence-electron chi connectivity index (χ1n) is 6.53. The van der Waals surface area contributed by atoms with Crippen molar-refractivity contribution in [3.8, 4) is 0 Å². The van der Waals surface area contributed by atoms with Crippen LogP contribution in [-0.4, -0.2) is 5.91 Å². The van der Waals surface area contributed by atoms with Gasteiger partial charge in [-0.3, -0.25) is 4.79 Å². The Morgan fingerprint density at radius 1 is 1.53 bits per heavy atom. The highest BCUT2D eigenvalue weighted by Crippen LogP contribution is 2.30. The SMILES string of the molecule is C=CC(=CC)C(=O)NC1CCCc2cc(F)ccc21. The van der Waals surface area contributed by atoms with E-state index in [9.17, 15) is 9.18 Å². The van der Waals surface area contributed by atoms with Crippen molar-refractivity contribution in [1.29, 1.82) is 0 Å². The van der Waals surface area contributed by atoms with Crippen LogP contribution in [-0.2, 0) is 11.2 Å². The molecule has 0 fully saturated rings. The van der Waals surface area contributed by atoms with E-state index in [0.717, 1.165) is 30.4 Å². The minimum absolute atomic E-state index is 0.0354. The zero-order valence-electron chi connectivity index (χ0n) is 11.1. The summed E-state index contributed by atoms with van der Waals surface area (Å²) in [6.07, 6.45) is 6.00. The summed E-state index contributed by atoms with van der Waals surface area (Å²) in [4.78, 5) is 12.0. The molecule has 1 aromatic rings. The van der Waals surface area contributed by atoms with Crippen LogP contribution in [0.4, 0.5) is 4.39 Å². The number of allylic oxidation sites excluding steroid dienone is 1. The predicted molar refractivity (Wildman–Crippen MR) is 74.2 cm³/mol. The monoisotopic (exact) mass is 259 g/mol. The number of halogens is 1. The maximum Gasteiger partial charge on any atom is 0.251 e. The van der Waals surface area contributed by atoms with Gasteiger partial charge in [-0.25, -0.2) is 4.39 Å². The number of carbonyl (C=O) groups is 1. The second-order valence-electron chi connectivity index (χ2n) is 4.71. The highest BCUT2D eigenvalue weighted by atomic mass is 19.1. The molecule has 2 rings (SSSR count). The molecular weight excluding hydrogens is 241 g/mol. The third kappa shape index (κ3) is 2.92. The minimum Gasteiger partial charge on any atom is -0.345 e. The maximum absolute atomic E-state index is 13.2. The van der Waals surface area contributed by atoms with E-state index in [4.69, 9.17) is 0 Å². The Balaban J connectivity index is 2.20. The van der Waals surface area contributed by atoms with E-state index in [0.29, 0.717) is 5.57 Å². The van der Waals surface area contributed by atoms with Gasteiger partial charge in [-0.1, -0.05) is 24.8 Å². The summed E-state index contributed by atoms with van der Waals surface area (Å²) in [6, 6.07) is 4.76. The molecule has 0 aromatic heterocycles. The van der Waals surface area contributed by atoms with Gasteiger partial charge in [0.05, 0.1) is 6.04 Å². The first-order valence-corrected chi connectivity index (χ1v) is 6.53. The fraction of sp³-hybridized carbons (Fsp3) is 0.312. The molecule has 0 saturated heterocycles. The number of aryl methyl sites for hydroxylation is 1. The van der Waals surface area contributed by atoms with Crippen molar-refractivity contribution in [2.75, 3.05) is 0 Å². The number of fused-ring (bicyclic) bond motifs is 1. The molecule has 1 aliphatic rings. The van der Waals surface area contributed by atoms with E-state index < -0.39 is 0 Å². The third-order valence-corrected chi connectivity index (χ3v) is 3.52. The molecule has 19 heavy (non-hydrogen) atoms. The molecule has 1 aliphatic carbocycles. The highest BCUT2D eigenvalue weighted by molar-refractivity contribution is 5.96. The minimum atomic E-state index is -0.217. The largest absolute Gasteiger partial charge is 0.345 e. The van der Waals surface area contributed by atoms with Crippen molar-refractivity contribution in [3.05, 3.63) is 59.4 Å². The number of benzene rings is 1. The summed E-state index contributed by atoms with van der Waals surface area (Å²) in [5, 5.41) is 3.00. The Kier molecular flexibility index (Phi) is 4.15. The van der Waals surface area contributed by atoms with Gasteiger partial charge in [0.25, 0.3) is 5.91 Å². The van der Waals surface area contributed by atoms with Crippen LogP contribution in [0.1, 0.15) is 36.9 Å². The molecule has 0 radical (unpaired) electrons. The summed E-state index contributed by atoms with van der Waals surface area (Å²) in [5.41, 5.74) is 2.59. The smallest absolute Gasteiger partial charge is 0.251 e. The molecule has 1 atom stereocenters. The fourth-order valence-electron chi connectivity index (χ4n) is 2.52. The summed E-state index contributed by atoms with van der Waals surface area (Å²) in [5.74, 6) is -0.342. The van der Waals surface area contributed by atoms with Gasteiger partial charge >= 0.3 is 0 Å². The van der Waals surface area contributed by atoms with E-state index >= 15 is 0 Å². The van der Waals surface area contributed by atoms with Gasteiger partial charge in [0.2, 0.25) is 0 Å². The Labute approximate surface area is 113 Å². The molecule has 100 valence electrons. The van der Waals surface area contributed by atoms with Gasteiger partial charge < -0.3 is 5.32 Å². The van der Waals surface area contributed by atoms with E-state index in [1.165, 1.54) is 6.07 Å². The van der Waals surface area contributed by atoms with Crippen molar-refractivity contribution in [3.63, 3.8) is 0 Å². The maximum atomic E-state index is 13.2. The van der Waals surface area contributed by atoms with Gasteiger partial charge in [-0.15, -0.1) is 0 Å². The van der Waals surface area contributed by atoms with Crippen LogP contribution in [0.15, 0.2) is 42.5 Å². The number of rotatable bonds is 3. The Hall–Kier alpha value is -1.90. The second-order valence-corrected chi connectivity index (χ2v) is 4.71. The Morgan fingerprint density at radius 2 is 2.32 bits per heavy atom. The molecule has 0 spiro atoms. The van der Waals surface area contributed by atoms with Crippen molar-refractivity contribution in [1.82, 2.24) is 5.32 Å². The lowest BCUT2D eigenvalue weighted by Gasteiger charge is -2.26. The lowest BCUT2D eigenvalue weighted by molar-refractivity contribution is -0.118. The molecule has 1 N–H and O–H groups in total. The standard InChI is InChI=1S/C16H18FNO/c1-3-11(4-2)16(19)18-15-7-5-6-12-10-13(17)8-9-14(12)15/h3-4,8-10,15H,1,5-7H2,2H3,(H,18,19). The van der Waals surface area contributed by atoms with E-state index in [1.54, 1.807) is 31.2 Å². The third-order valence-electron chi connectivity index (χ3n) is 3.52. The molecule has 1 unspecified atom stereocenters. The van der Waals surface area contributed by atoms with E-state index in [1.807, 2.05) is 0 Å². The van der Waals surface area contributed by atoms with Gasteiger partial charge in [0.15, 0.2) is 0 Å². The van der Waals surface area contributed by atoms with Gasteiger partial charge in [-0.05, 0) is 49.4 Å². The molecule has 0 bridgehead atoms. The first-order chi connectivity index (χ1) is 9.15. The number of nitrogens with one attached hydrogen (secondary N) is 1. The lowest BCUT2D eigenvalue weighted by Crippen LogP contribution is -2.31. The molecule has 0 heterocycles. The average molecular weight is 259 g/mol. The van der Waals surface area contributed by atoms with Crippen LogP contribution >= 0.6 is 0 Å². The molecule has 3 heteroatoms. The van der Waals surface area contributed by atoms with Gasteiger partial charge in [-0.2, -0.15) is 0 Å². The van der Waals surface area contributed by atoms with Crippen LogP contribution in [0.3, 0.4) is 0 Å². The summed E-state index contributed by atoms with van der Waals surface area (Å²) < 4.78 is 13.2. The van der Waals surface area contributed by atoms with Crippen molar-refractivity contribution in [2.45, 2.75) is 32.2 Å². The number of hydrogen-bond donors (Lipinski definition) is 1. The van der Waals surface area contributed by atoms with Crippen molar-refractivity contribution >= 4 is 5.91 Å². The van der Waals surface area contributed by atoms with E-state index in [2.05, 4.69) is 11.9 Å². The lowest BCUT2D eigenvalue weighted by atomic mass is 9.87. The number of carbonyl (C=O) groups excluding carboxylic acids is 1. The zero-order valence-corrected chi connectivity index (χ0v) is 11.1. The molecule has 1 amide bonds. The zero-order chi connectivity index (χ0) is 13.8. The van der Waals surface area contributed by atoms with Crippen molar-refractivity contribution in [2.24, 2.45) is 0 Å². The molecule has 0 aliphatic heterocycles. The Bertz CT molecular complexity index is 534. The molecule has 2 nitrogen and oxygen atoms in total. The normalized spacial score (nSPS) is 18.6.